The van der Waals surface area contributed by atoms with Crippen LogP contribution in [0.2, 0.25) is 0 Å². The fraction of sp³-hybridized carbons (Fsp3) is 0.562. The van der Waals surface area contributed by atoms with E-state index in [1.807, 2.05) is 0 Å². The maximum Gasteiger partial charge on any atom is 0.137 e. The molecule has 1 aliphatic heterocycles. The van der Waals surface area contributed by atoms with Crippen LogP contribution in [0.1, 0.15) is 37.7 Å². The van der Waals surface area contributed by atoms with Gasteiger partial charge < -0.3 is 0 Å². The van der Waals surface area contributed by atoms with Crippen LogP contribution in [-0.4, -0.2) is 23.3 Å². The Labute approximate surface area is 109 Å². The van der Waals surface area contributed by atoms with Gasteiger partial charge in [-0.05, 0) is 31.4 Å². The van der Waals surface area contributed by atoms with Crippen molar-refractivity contribution in [3.63, 3.8) is 0 Å². The summed E-state index contributed by atoms with van der Waals surface area (Å²) in [7, 11) is 0. The van der Waals surface area contributed by atoms with Crippen molar-refractivity contribution in [2.75, 3.05) is 6.54 Å². The standard InChI is InChI=1S/C16H21NO/c18-16-9-5-4-8-15-14(16)10-11-17(15)12-13-6-2-1-3-7-13/h1-3,6-7,14-15H,4-5,8-12H2/t14-,15+/m1/s1. The lowest BCUT2D eigenvalue weighted by Gasteiger charge is -2.26. The van der Waals surface area contributed by atoms with Crippen LogP contribution in [0.25, 0.3) is 0 Å². The van der Waals surface area contributed by atoms with E-state index in [1.165, 1.54) is 18.4 Å². The Bertz CT molecular complexity index is 414. The normalized spacial score (nSPS) is 29.0. The minimum Gasteiger partial charge on any atom is -0.299 e. The van der Waals surface area contributed by atoms with Gasteiger partial charge in [0.1, 0.15) is 5.78 Å². The molecule has 96 valence electrons. The molecule has 18 heavy (non-hydrogen) atoms. The Morgan fingerprint density at radius 3 is 2.78 bits per heavy atom. The molecule has 1 heterocycles. The van der Waals surface area contributed by atoms with E-state index in [4.69, 9.17) is 0 Å². The summed E-state index contributed by atoms with van der Waals surface area (Å²) >= 11 is 0. The minimum absolute atomic E-state index is 0.330. The third-order valence-electron chi connectivity index (χ3n) is 4.48. The van der Waals surface area contributed by atoms with Crippen molar-refractivity contribution < 1.29 is 4.79 Å². The van der Waals surface area contributed by atoms with Crippen molar-refractivity contribution in [3.05, 3.63) is 35.9 Å². The number of carbonyl (C=O) groups excluding carboxylic acids is 1. The summed E-state index contributed by atoms with van der Waals surface area (Å²) in [5.74, 6) is 0.851. The molecule has 0 N–H and O–H groups in total. The van der Waals surface area contributed by atoms with E-state index in [2.05, 4.69) is 35.2 Å². The first-order valence-electron chi connectivity index (χ1n) is 7.15. The van der Waals surface area contributed by atoms with E-state index in [-0.39, 0.29) is 0 Å². The molecule has 2 nitrogen and oxygen atoms in total. The number of fused-ring (bicyclic) bond motifs is 1. The van der Waals surface area contributed by atoms with Gasteiger partial charge in [-0.15, -0.1) is 0 Å². The lowest BCUT2D eigenvalue weighted by atomic mass is 9.94. The predicted molar refractivity (Wildman–Crippen MR) is 72.2 cm³/mol. The van der Waals surface area contributed by atoms with Gasteiger partial charge in [-0.2, -0.15) is 0 Å². The highest BCUT2D eigenvalue weighted by Crippen LogP contribution is 2.33. The number of ketones is 1. The average molecular weight is 243 g/mol. The largest absolute Gasteiger partial charge is 0.299 e. The molecule has 3 rings (SSSR count). The molecule has 1 saturated heterocycles. The molecule has 2 fully saturated rings. The molecule has 1 aromatic rings. The number of likely N-dealkylation sites (tertiary alicyclic amines) is 1. The van der Waals surface area contributed by atoms with Crippen molar-refractivity contribution in [3.8, 4) is 0 Å². The van der Waals surface area contributed by atoms with Crippen LogP contribution >= 0.6 is 0 Å². The molecule has 0 unspecified atom stereocenters. The summed E-state index contributed by atoms with van der Waals surface area (Å²) in [5.41, 5.74) is 1.37. The molecule has 0 radical (unpaired) electrons. The Kier molecular flexibility index (Phi) is 3.46. The van der Waals surface area contributed by atoms with Gasteiger partial charge in [0.05, 0.1) is 0 Å². The van der Waals surface area contributed by atoms with Crippen molar-refractivity contribution in [2.45, 2.75) is 44.7 Å². The zero-order valence-corrected chi connectivity index (χ0v) is 10.8. The van der Waals surface area contributed by atoms with Gasteiger partial charge in [0, 0.05) is 24.9 Å². The van der Waals surface area contributed by atoms with Crippen molar-refractivity contribution in [2.24, 2.45) is 5.92 Å². The van der Waals surface area contributed by atoms with Crippen molar-refractivity contribution >= 4 is 5.78 Å². The molecule has 2 aliphatic rings. The van der Waals surface area contributed by atoms with E-state index in [9.17, 15) is 4.79 Å². The molecule has 1 aliphatic carbocycles. The van der Waals surface area contributed by atoms with Crippen LogP contribution in [0.5, 0.6) is 0 Å². The van der Waals surface area contributed by atoms with E-state index in [0.717, 1.165) is 32.4 Å². The Morgan fingerprint density at radius 2 is 1.94 bits per heavy atom. The molecule has 0 bridgehead atoms. The first-order valence-corrected chi connectivity index (χ1v) is 7.15. The highest BCUT2D eigenvalue weighted by atomic mass is 16.1. The molecule has 1 saturated carbocycles. The second-order valence-electron chi connectivity index (χ2n) is 5.63. The Morgan fingerprint density at radius 1 is 1.11 bits per heavy atom. The maximum absolute atomic E-state index is 12.1. The maximum atomic E-state index is 12.1. The monoisotopic (exact) mass is 243 g/mol. The highest BCUT2D eigenvalue weighted by Gasteiger charge is 2.38. The molecule has 2 atom stereocenters. The van der Waals surface area contributed by atoms with Crippen LogP contribution in [0.4, 0.5) is 0 Å². The molecule has 2 heteroatoms. The van der Waals surface area contributed by atoms with Crippen LogP contribution in [-0.2, 0) is 11.3 Å². The smallest absolute Gasteiger partial charge is 0.137 e. The molecular formula is C16H21NO. The minimum atomic E-state index is 0.330. The van der Waals surface area contributed by atoms with Crippen molar-refractivity contribution in [1.29, 1.82) is 0 Å². The van der Waals surface area contributed by atoms with E-state index in [0.29, 0.717) is 17.7 Å². The van der Waals surface area contributed by atoms with Crippen LogP contribution < -0.4 is 0 Å². The molecule has 1 aromatic carbocycles. The first kappa shape index (κ1) is 11.9. The number of nitrogens with zero attached hydrogens (tertiary/aromatic N) is 1. The Hall–Kier alpha value is -1.15. The first-order chi connectivity index (χ1) is 8.84. The van der Waals surface area contributed by atoms with E-state index in [1.54, 1.807) is 0 Å². The number of hydrogen-bond acceptors (Lipinski definition) is 2. The van der Waals surface area contributed by atoms with Gasteiger partial charge in [0.2, 0.25) is 0 Å². The topological polar surface area (TPSA) is 20.3 Å². The summed E-state index contributed by atoms with van der Waals surface area (Å²) in [6, 6.07) is 11.1. The van der Waals surface area contributed by atoms with Crippen LogP contribution in [0.3, 0.4) is 0 Å². The van der Waals surface area contributed by atoms with E-state index >= 15 is 0 Å². The Balaban J connectivity index is 1.72. The third-order valence-corrected chi connectivity index (χ3v) is 4.48. The second-order valence-corrected chi connectivity index (χ2v) is 5.63. The molecule has 0 aromatic heterocycles. The summed E-state index contributed by atoms with van der Waals surface area (Å²) < 4.78 is 0. The fourth-order valence-electron chi connectivity index (χ4n) is 3.53. The molecular weight excluding hydrogens is 222 g/mol. The molecule has 0 amide bonds. The van der Waals surface area contributed by atoms with Crippen LogP contribution in [0, 0.1) is 5.92 Å². The number of carbonyl (C=O) groups is 1. The number of Topliss-reactive ketones (excluding diaryl/α,β-unsaturated/α-hetero) is 1. The molecule has 0 spiro atoms. The summed E-state index contributed by atoms with van der Waals surface area (Å²) in [4.78, 5) is 14.6. The van der Waals surface area contributed by atoms with Gasteiger partial charge in [-0.25, -0.2) is 0 Å². The predicted octanol–water partition coefficient (Wildman–Crippen LogP) is 3.02. The third kappa shape index (κ3) is 2.35. The van der Waals surface area contributed by atoms with Crippen LogP contribution in [0.15, 0.2) is 30.3 Å². The fourth-order valence-corrected chi connectivity index (χ4v) is 3.53. The van der Waals surface area contributed by atoms with Gasteiger partial charge in [-0.1, -0.05) is 36.8 Å². The van der Waals surface area contributed by atoms with Gasteiger partial charge in [-0.3, -0.25) is 9.69 Å². The lowest BCUT2D eigenvalue weighted by molar-refractivity contribution is -0.123. The van der Waals surface area contributed by atoms with Gasteiger partial charge >= 0.3 is 0 Å². The quantitative estimate of drug-likeness (QED) is 0.796. The zero-order valence-electron chi connectivity index (χ0n) is 10.8. The summed E-state index contributed by atoms with van der Waals surface area (Å²) in [5, 5.41) is 0. The van der Waals surface area contributed by atoms with Crippen molar-refractivity contribution in [1.82, 2.24) is 4.90 Å². The summed E-state index contributed by atoms with van der Waals surface area (Å²) in [6.45, 7) is 2.10. The number of benzene rings is 1. The lowest BCUT2D eigenvalue weighted by Crippen LogP contribution is -2.34. The van der Waals surface area contributed by atoms with Gasteiger partial charge in [0.15, 0.2) is 0 Å². The van der Waals surface area contributed by atoms with E-state index < -0.39 is 0 Å². The zero-order chi connectivity index (χ0) is 12.4. The number of hydrogen-bond donors (Lipinski definition) is 0. The SMILES string of the molecule is O=C1CCCC[C@H]2[C@H]1CCN2Cc1ccccc1. The number of rotatable bonds is 2. The highest BCUT2D eigenvalue weighted by molar-refractivity contribution is 5.82. The average Bonchev–Trinajstić information content (AvgIpc) is 2.69. The summed E-state index contributed by atoms with van der Waals surface area (Å²) in [6.07, 6.45) is 5.43. The van der Waals surface area contributed by atoms with Gasteiger partial charge in [0.25, 0.3) is 0 Å². The second kappa shape index (κ2) is 5.23.